The molecule has 3 heterocycles. The number of halogens is 4. The molecule has 4 aromatic rings. The zero-order valence-corrected chi connectivity index (χ0v) is 19.2. The second-order valence-electron chi connectivity index (χ2n) is 8.42. The maximum atomic E-state index is 12.9. The minimum Gasteiger partial charge on any atom is -0.390 e. The Kier molecular flexibility index (Phi) is 5.90. The lowest BCUT2D eigenvalue weighted by atomic mass is 10.1. The number of benzene rings is 1. The van der Waals surface area contributed by atoms with E-state index in [-0.39, 0.29) is 22.5 Å². The molecule has 13 heteroatoms. The van der Waals surface area contributed by atoms with Gasteiger partial charge in [-0.3, -0.25) is 9.13 Å². The van der Waals surface area contributed by atoms with Crippen LogP contribution in [0.4, 0.5) is 24.7 Å². The molecule has 4 rings (SSSR count). The van der Waals surface area contributed by atoms with Gasteiger partial charge in [-0.05, 0) is 38.5 Å². The van der Waals surface area contributed by atoms with E-state index in [9.17, 15) is 23.1 Å². The number of aryl methyl sites for hydroxylation is 2. The quantitative estimate of drug-likeness (QED) is 0.420. The molecule has 9 nitrogen and oxygen atoms in total. The Balaban J connectivity index is 1.68. The Morgan fingerprint density at radius 2 is 1.91 bits per heavy atom. The van der Waals surface area contributed by atoms with Crippen molar-refractivity contribution in [2.75, 3.05) is 5.32 Å². The van der Waals surface area contributed by atoms with Gasteiger partial charge in [0.15, 0.2) is 5.82 Å². The molecule has 3 aromatic heterocycles. The predicted molar refractivity (Wildman–Crippen MR) is 121 cm³/mol. The van der Waals surface area contributed by atoms with E-state index in [2.05, 4.69) is 20.4 Å². The Bertz CT molecular complexity index is 1420. The van der Waals surface area contributed by atoms with Crippen molar-refractivity contribution in [3.05, 3.63) is 57.9 Å². The van der Waals surface area contributed by atoms with Crippen molar-refractivity contribution < 1.29 is 18.3 Å². The summed E-state index contributed by atoms with van der Waals surface area (Å²) in [7, 11) is 1.66. The molecule has 0 aliphatic heterocycles. The molecule has 34 heavy (non-hydrogen) atoms. The first-order valence-corrected chi connectivity index (χ1v) is 10.5. The lowest BCUT2D eigenvalue weighted by Gasteiger charge is -2.17. The topological polar surface area (TPSA) is 103 Å². The monoisotopic (exact) mass is 495 g/mol. The van der Waals surface area contributed by atoms with E-state index in [1.807, 2.05) is 0 Å². The van der Waals surface area contributed by atoms with Gasteiger partial charge < -0.3 is 10.4 Å². The molecule has 0 fully saturated rings. The minimum atomic E-state index is -4.54. The summed E-state index contributed by atoms with van der Waals surface area (Å²) in [6, 6.07) is 5.20. The molecule has 0 amide bonds. The Labute approximate surface area is 196 Å². The highest BCUT2D eigenvalue weighted by Gasteiger charge is 2.32. The van der Waals surface area contributed by atoms with Gasteiger partial charge in [-0.1, -0.05) is 11.6 Å². The van der Waals surface area contributed by atoms with Crippen LogP contribution in [0.15, 0.2) is 41.6 Å². The van der Waals surface area contributed by atoms with Crippen molar-refractivity contribution in [2.45, 2.75) is 38.6 Å². The van der Waals surface area contributed by atoms with Gasteiger partial charge in [0.2, 0.25) is 0 Å². The zero-order chi connectivity index (χ0) is 24.8. The van der Waals surface area contributed by atoms with Crippen molar-refractivity contribution in [3.63, 3.8) is 0 Å². The van der Waals surface area contributed by atoms with Gasteiger partial charge in [-0.25, -0.2) is 14.5 Å². The zero-order valence-electron chi connectivity index (χ0n) is 18.4. The van der Waals surface area contributed by atoms with E-state index in [0.29, 0.717) is 35.9 Å². The highest BCUT2D eigenvalue weighted by molar-refractivity contribution is 6.32. The van der Waals surface area contributed by atoms with Crippen molar-refractivity contribution in [3.8, 4) is 5.95 Å². The smallest absolute Gasteiger partial charge is 0.390 e. The van der Waals surface area contributed by atoms with Crippen LogP contribution in [0.5, 0.6) is 0 Å². The molecule has 0 unspecified atom stereocenters. The molecule has 180 valence electrons. The maximum absolute atomic E-state index is 12.9. The number of anilines is 2. The fourth-order valence-electron chi connectivity index (χ4n) is 3.36. The number of imidazole rings is 1. The van der Waals surface area contributed by atoms with E-state index in [4.69, 9.17) is 11.6 Å². The Morgan fingerprint density at radius 1 is 1.18 bits per heavy atom. The van der Waals surface area contributed by atoms with Crippen LogP contribution in [0.1, 0.15) is 25.8 Å². The first-order chi connectivity index (χ1) is 15.8. The summed E-state index contributed by atoms with van der Waals surface area (Å²) in [5, 5.41) is 16.9. The van der Waals surface area contributed by atoms with Crippen molar-refractivity contribution in [1.29, 1.82) is 0 Å². The summed E-state index contributed by atoms with van der Waals surface area (Å²) in [5.74, 6) is 0.0432. The van der Waals surface area contributed by atoms with Crippen LogP contribution in [0.25, 0.3) is 17.0 Å². The third kappa shape index (κ3) is 4.77. The lowest BCUT2D eigenvalue weighted by molar-refractivity contribution is -0.137. The minimum absolute atomic E-state index is 0.106. The van der Waals surface area contributed by atoms with Gasteiger partial charge in [0.25, 0.3) is 5.95 Å². The fraction of sp³-hybridized carbons (Fsp3) is 0.333. The second kappa shape index (κ2) is 8.44. The van der Waals surface area contributed by atoms with Crippen molar-refractivity contribution in [2.24, 2.45) is 7.05 Å². The molecule has 0 atom stereocenters. The van der Waals surface area contributed by atoms with E-state index in [1.54, 1.807) is 43.7 Å². The first-order valence-electron chi connectivity index (χ1n) is 10.2. The lowest BCUT2D eigenvalue weighted by Crippen LogP contribution is -2.27. The maximum Gasteiger partial charge on any atom is 0.419 e. The molecule has 0 saturated heterocycles. The molecule has 0 spiro atoms. The number of hydrogen-bond donors (Lipinski definition) is 2. The molecule has 0 bridgehead atoms. The van der Waals surface area contributed by atoms with Gasteiger partial charge >= 0.3 is 11.9 Å². The van der Waals surface area contributed by atoms with Gasteiger partial charge in [0.05, 0.1) is 34.6 Å². The van der Waals surface area contributed by atoms with Crippen LogP contribution in [0.2, 0.25) is 5.02 Å². The van der Waals surface area contributed by atoms with Crippen molar-refractivity contribution in [1.82, 2.24) is 28.9 Å². The summed E-state index contributed by atoms with van der Waals surface area (Å²) >= 11 is 6.21. The first kappa shape index (κ1) is 23.8. The second-order valence-corrected chi connectivity index (χ2v) is 8.83. The molecule has 1 aromatic carbocycles. The standard InChI is InChI=1S/C21H21ClF3N7O2/c1-20(2,34)6-7-31-16-8-13(4-5-15(16)30(3)19(31)33)28-17-14(22)10-26-18(29-17)32-11-12(9-27-32)21(23,24)25/h4-5,8-11,34H,6-7H2,1-3H3,(H,26,28,29). The fourth-order valence-corrected chi connectivity index (χ4v) is 3.50. The molecule has 2 N–H and O–H groups in total. The highest BCUT2D eigenvalue weighted by atomic mass is 35.5. The van der Waals surface area contributed by atoms with Crippen LogP contribution in [0.3, 0.4) is 0 Å². The predicted octanol–water partition coefficient (Wildman–Crippen LogP) is 3.89. The number of rotatable bonds is 6. The van der Waals surface area contributed by atoms with Crippen LogP contribution < -0.4 is 11.0 Å². The summed E-state index contributed by atoms with van der Waals surface area (Å²) in [4.78, 5) is 20.8. The summed E-state index contributed by atoms with van der Waals surface area (Å²) in [5.41, 5.74) is -0.234. The van der Waals surface area contributed by atoms with E-state index in [1.165, 1.54) is 10.8 Å². The number of nitrogens with zero attached hydrogens (tertiary/aromatic N) is 6. The third-order valence-electron chi connectivity index (χ3n) is 5.20. The largest absolute Gasteiger partial charge is 0.419 e. The molecule has 0 radical (unpaired) electrons. The van der Waals surface area contributed by atoms with Gasteiger partial charge in [-0.15, -0.1) is 0 Å². The normalized spacial score (nSPS) is 12.5. The molecule has 0 aliphatic rings. The SMILES string of the molecule is Cn1c(=O)n(CCC(C)(C)O)c2cc(Nc3nc(-n4cc(C(F)(F)F)cn4)ncc3Cl)ccc21. The highest BCUT2D eigenvalue weighted by Crippen LogP contribution is 2.30. The summed E-state index contributed by atoms with van der Waals surface area (Å²) in [6.07, 6.45) is -1.46. The average molecular weight is 496 g/mol. The Morgan fingerprint density at radius 3 is 2.56 bits per heavy atom. The van der Waals surface area contributed by atoms with Gasteiger partial charge in [0.1, 0.15) is 5.02 Å². The molecular formula is C21H21ClF3N7O2. The van der Waals surface area contributed by atoms with Crippen molar-refractivity contribution >= 4 is 34.1 Å². The van der Waals surface area contributed by atoms with E-state index < -0.39 is 17.3 Å². The number of nitrogens with one attached hydrogen (secondary N) is 1. The van der Waals surface area contributed by atoms with Gasteiger partial charge in [-0.2, -0.15) is 23.3 Å². The van der Waals surface area contributed by atoms with Crippen LogP contribution >= 0.6 is 11.6 Å². The summed E-state index contributed by atoms with van der Waals surface area (Å²) in [6.45, 7) is 3.65. The number of hydrogen-bond acceptors (Lipinski definition) is 6. The molecule has 0 aliphatic carbocycles. The Hall–Kier alpha value is -3.38. The van der Waals surface area contributed by atoms with Crippen LogP contribution in [-0.4, -0.2) is 39.6 Å². The summed E-state index contributed by atoms with van der Waals surface area (Å²) < 4.78 is 42.6. The number of aliphatic hydroxyl groups is 1. The van der Waals surface area contributed by atoms with E-state index in [0.717, 1.165) is 10.9 Å². The number of aromatic nitrogens is 6. The molecular weight excluding hydrogens is 475 g/mol. The van der Waals surface area contributed by atoms with E-state index >= 15 is 0 Å². The van der Waals surface area contributed by atoms with Gasteiger partial charge in [0, 0.05) is 25.5 Å². The average Bonchev–Trinajstić information content (AvgIpc) is 3.32. The third-order valence-corrected chi connectivity index (χ3v) is 5.48. The van der Waals surface area contributed by atoms with Crippen LogP contribution in [0, 0.1) is 0 Å². The number of fused-ring (bicyclic) bond motifs is 1. The number of alkyl halides is 3. The molecule has 0 saturated carbocycles. The van der Waals surface area contributed by atoms with Crippen LogP contribution in [-0.2, 0) is 19.8 Å².